The van der Waals surface area contributed by atoms with Crippen LogP contribution in [0.15, 0.2) is 23.4 Å². The van der Waals surface area contributed by atoms with Gasteiger partial charge in [-0.1, -0.05) is 11.2 Å². The first-order valence-electron chi connectivity index (χ1n) is 5.92. The van der Waals surface area contributed by atoms with Crippen LogP contribution >= 0.6 is 0 Å². The molecule has 0 atom stereocenters. The summed E-state index contributed by atoms with van der Waals surface area (Å²) in [6.45, 7) is 2.25. The molecule has 3 N–H and O–H groups in total. The molecule has 0 aromatic carbocycles. The van der Waals surface area contributed by atoms with Crippen molar-refractivity contribution in [3.63, 3.8) is 0 Å². The zero-order chi connectivity index (χ0) is 13.9. The maximum Gasteiger partial charge on any atom is 0.213 e. The van der Waals surface area contributed by atoms with Crippen LogP contribution in [0.25, 0.3) is 0 Å². The summed E-state index contributed by atoms with van der Waals surface area (Å²) in [5.74, 6) is 0.384. The standard InChI is InChI=1S/C12H19N3O4/c1-17-8-9-18-6-3-7-19-11-5-2-4-10(14-11)12(13)15-16/h2,4-5,16H,3,6-9H2,1H3,(H2,13,15). The third kappa shape index (κ3) is 6.03. The van der Waals surface area contributed by atoms with E-state index in [2.05, 4.69) is 10.1 Å². The number of methoxy groups -OCH3 is 1. The van der Waals surface area contributed by atoms with Gasteiger partial charge in [0.25, 0.3) is 0 Å². The number of amidine groups is 1. The van der Waals surface area contributed by atoms with Gasteiger partial charge in [0.2, 0.25) is 5.88 Å². The molecule has 7 nitrogen and oxygen atoms in total. The molecule has 0 radical (unpaired) electrons. The molecule has 0 bridgehead atoms. The summed E-state index contributed by atoms with van der Waals surface area (Å²) in [6.07, 6.45) is 0.749. The molecule has 0 saturated carbocycles. The number of ether oxygens (including phenoxy) is 3. The molecular formula is C12H19N3O4. The Kier molecular flexibility index (Phi) is 7.30. The molecule has 1 heterocycles. The Balaban J connectivity index is 2.26. The summed E-state index contributed by atoms with van der Waals surface area (Å²) in [4.78, 5) is 4.09. The van der Waals surface area contributed by atoms with Crippen LogP contribution in [-0.4, -0.2) is 49.6 Å². The van der Waals surface area contributed by atoms with E-state index in [0.717, 1.165) is 6.42 Å². The largest absolute Gasteiger partial charge is 0.478 e. The number of rotatable bonds is 9. The number of aromatic nitrogens is 1. The second-order valence-electron chi connectivity index (χ2n) is 3.65. The van der Waals surface area contributed by atoms with Crippen molar-refractivity contribution in [3.8, 4) is 5.88 Å². The summed E-state index contributed by atoms with van der Waals surface area (Å²) >= 11 is 0. The highest BCUT2D eigenvalue weighted by atomic mass is 16.5. The third-order valence-electron chi connectivity index (χ3n) is 2.21. The molecule has 1 aromatic heterocycles. The molecular weight excluding hydrogens is 250 g/mol. The van der Waals surface area contributed by atoms with Crippen LogP contribution in [-0.2, 0) is 9.47 Å². The number of pyridine rings is 1. The minimum atomic E-state index is -0.0478. The average molecular weight is 269 g/mol. The van der Waals surface area contributed by atoms with E-state index in [9.17, 15) is 0 Å². The highest BCUT2D eigenvalue weighted by Gasteiger charge is 2.02. The van der Waals surface area contributed by atoms with Crippen molar-refractivity contribution >= 4 is 5.84 Å². The van der Waals surface area contributed by atoms with Crippen molar-refractivity contribution in [2.75, 3.05) is 33.5 Å². The second-order valence-corrected chi connectivity index (χ2v) is 3.65. The Morgan fingerprint density at radius 1 is 1.32 bits per heavy atom. The average Bonchev–Trinajstić information content (AvgIpc) is 2.46. The maximum atomic E-state index is 8.55. The van der Waals surface area contributed by atoms with E-state index >= 15 is 0 Å². The number of nitrogens with two attached hydrogens (primary N) is 1. The molecule has 0 amide bonds. The molecule has 0 fully saturated rings. The van der Waals surface area contributed by atoms with E-state index in [-0.39, 0.29) is 5.84 Å². The van der Waals surface area contributed by atoms with Crippen LogP contribution in [0.5, 0.6) is 5.88 Å². The fourth-order valence-corrected chi connectivity index (χ4v) is 1.27. The van der Waals surface area contributed by atoms with Crippen molar-refractivity contribution in [1.29, 1.82) is 0 Å². The fraction of sp³-hybridized carbons (Fsp3) is 0.500. The zero-order valence-corrected chi connectivity index (χ0v) is 10.9. The molecule has 0 aliphatic heterocycles. The van der Waals surface area contributed by atoms with Gasteiger partial charge < -0.3 is 25.2 Å². The van der Waals surface area contributed by atoms with E-state index in [4.69, 9.17) is 25.2 Å². The van der Waals surface area contributed by atoms with Crippen molar-refractivity contribution in [2.24, 2.45) is 10.9 Å². The monoisotopic (exact) mass is 269 g/mol. The third-order valence-corrected chi connectivity index (χ3v) is 2.21. The van der Waals surface area contributed by atoms with E-state index in [0.29, 0.717) is 38.0 Å². The minimum absolute atomic E-state index is 0.0478. The molecule has 1 aromatic rings. The second kappa shape index (κ2) is 9.12. The first-order valence-corrected chi connectivity index (χ1v) is 5.92. The molecule has 0 unspecified atom stereocenters. The molecule has 106 valence electrons. The van der Waals surface area contributed by atoms with E-state index in [1.54, 1.807) is 25.3 Å². The lowest BCUT2D eigenvalue weighted by Crippen LogP contribution is -2.15. The Morgan fingerprint density at radius 3 is 2.89 bits per heavy atom. The molecule has 0 saturated heterocycles. The Labute approximate surface area is 112 Å². The Hall–Kier alpha value is -1.86. The summed E-state index contributed by atoms with van der Waals surface area (Å²) in [5, 5.41) is 11.4. The summed E-state index contributed by atoms with van der Waals surface area (Å²) in [7, 11) is 1.63. The first-order chi connectivity index (χ1) is 9.27. The highest BCUT2D eigenvalue weighted by molar-refractivity contribution is 5.95. The number of oxime groups is 1. The number of nitrogens with zero attached hydrogens (tertiary/aromatic N) is 2. The first kappa shape index (κ1) is 15.2. The molecule has 19 heavy (non-hydrogen) atoms. The fourth-order valence-electron chi connectivity index (χ4n) is 1.27. The van der Waals surface area contributed by atoms with Gasteiger partial charge in [-0.05, 0) is 6.07 Å². The lowest BCUT2D eigenvalue weighted by molar-refractivity contribution is 0.0642. The predicted molar refractivity (Wildman–Crippen MR) is 69.6 cm³/mol. The van der Waals surface area contributed by atoms with Crippen LogP contribution < -0.4 is 10.5 Å². The zero-order valence-electron chi connectivity index (χ0n) is 10.9. The smallest absolute Gasteiger partial charge is 0.213 e. The van der Waals surface area contributed by atoms with Crippen LogP contribution in [0.1, 0.15) is 12.1 Å². The molecule has 0 aliphatic rings. The van der Waals surface area contributed by atoms with Gasteiger partial charge in [0, 0.05) is 26.2 Å². The molecule has 0 spiro atoms. The van der Waals surface area contributed by atoms with Crippen LogP contribution in [0, 0.1) is 0 Å². The molecule has 0 aliphatic carbocycles. The van der Waals surface area contributed by atoms with Gasteiger partial charge in [-0.3, -0.25) is 0 Å². The van der Waals surface area contributed by atoms with E-state index in [1.165, 1.54) is 0 Å². The van der Waals surface area contributed by atoms with Crippen LogP contribution in [0.2, 0.25) is 0 Å². The van der Waals surface area contributed by atoms with Gasteiger partial charge in [0.05, 0.1) is 19.8 Å². The summed E-state index contributed by atoms with van der Waals surface area (Å²) in [5.41, 5.74) is 5.81. The Bertz CT molecular complexity index is 398. The van der Waals surface area contributed by atoms with E-state index < -0.39 is 0 Å². The van der Waals surface area contributed by atoms with Crippen LogP contribution in [0.3, 0.4) is 0 Å². The SMILES string of the molecule is COCCOCCCOc1cccc(/C(N)=N/O)n1. The maximum absolute atomic E-state index is 8.55. The lowest BCUT2D eigenvalue weighted by atomic mass is 10.3. The van der Waals surface area contributed by atoms with Gasteiger partial charge >= 0.3 is 0 Å². The van der Waals surface area contributed by atoms with Gasteiger partial charge in [0.15, 0.2) is 5.84 Å². The molecule has 7 heteroatoms. The highest BCUT2D eigenvalue weighted by Crippen LogP contribution is 2.07. The molecule has 1 rings (SSSR count). The van der Waals surface area contributed by atoms with Gasteiger partial charge in [-0.2, -0.15) is 0 Å². The normalized spacial score (nSPS) is 11.5. The van der Waals surface area contributed by atoms with Gasteiger partial charge in [0.1, 0.15) is 5.69 Å². The van der Waals surface area contributed by atoms with Crippen LogP contribution in [0.4, 0.5) is 0 Å². The predicted octanol–water partition coefficient (Wildman–Crippen LogP) is 0.608. The topological polar surface area (TPSA) is 99.2 Å². The van der Waals surface area contributed by atoms with Gasteiger partial charge in [-0.15, -0.1) is 0 Å². The number of hydrogen-bond acceptors (Lipinski definition) is 6. The van der Waals surface area contributed by atoms with Crippen molar-refractivity contribution in [1.82, 2.24) is 4.98 Å². The van der Waals surface area contributed by atoms with Crippen molar-refractivity contribution in [3.05, 3.63) is 23.9 Å². The summed E-state index contributed by atoms with van der Waals surface area (Å²) < 4.78 is 15.6. The van der Waals surface area contributed by atoms with Crippen molar-refractivity contribution < 1.29 is 19.4 Å². The lowest BCUT2D eigenvalue weighted by Gasteiger charge is -2.07. The van der Waals surface area contributed by atoms with Gasteiger partial charge in [-0.25, -0.2) is 4.98 Å². The summed E-state index contributed by atoms with van der Waals surface area (Å²) in [6, 6.07) is 5.07. The number of hydrogen-bond donors (Lipinski definition) is 2. The van der Waals surface area contributed by atoms with E-state index in [1.807, 2.05) is 0 Å². The minimum Gasteiger partial charge on any atom is -0.478 e. The Morgan fingerprint density at radius 2 is 2.16 bits per heavy atom. The quantitative estimate of drug-likeness (QED) is 0.224. The van der Waals surface area contributed by atoms with Crippen molar-refractivity contribution in [2.45, 2.75) is 6.42 Å².